The first-order valence-electron chi connectivity index (χ1n) is 6.28. The highest BCUT2D eigenvalue weighted by molar-refractivity contribution is 7.89. The molecule has 0 bridgehead atoms. The van der Waals surface area contributed by atoms with E-state index in [1.165, 1.54) is 13.8 Å². The number of hydrogen-bond acceptors (Lipinski definition) is 5. The summed E-state index contributed by atoms with van der Waals surface area (Å²) in [5.41, 5.74) is -0.970. The Morgan fingerprint density at radius 1 is 1.43 bits per heavy atom. The quantitative estimate of drug-likeness (QED) is 0.639. The second-order valence-corrected chi connectivity index (χ2v) is 6.83. The number of aliphatic hydroxyl groups excluding tert-OH is 1. The van der Waals surface area contributed by atoms with Gasteiger partial charge in [-0.1, -0.05) is 0 Å². The number of aryl methyl sites for hydroxylation is 1. The molecule has 0 atom stereocenters. The van der Waals surface area contributed by atoms with E-state index in [-0.39, 0.29) is 16.0 Å². The van der Waals surface area contributed by atoms with E-state index in [0.29, 0.717) is 12.8 Å². The fraction of sp³-hybridized carbons (Fsp3) is 0.500. The second kappa shape index (κ2) is 5.32. The molecule has 2 N–H and O–H groups in total. The van der Waals surface area contributed by atoms with Gasteiger partial charge in [0, 0.05) is 6.04 Å². The number of rotatable bonds is 4. The number of hydrogen-bond donors (Lipinski definition) is 2. The smallest absolute Gasteiger partial charge is 0.309 e. The van der Waals surface area contributed by atoms with Crippen molar-refractivity contribution in [2.75, 3.05) is 0 Å². The first-order chi connectivity index (χ1) is 9.63. The molecule has 0 radical (unpaired) electrons. The summed E-state index contributed by atoms with van der Waals surface area (Å²) >= 11 is 0. The minimum Gasteiger partial charge on any atom is -0.393 e. The Morgan fingerprint density at radius 2 is 2.00 bits per heavy atom. The molecular formula is C12H15FN2O5S. The van der Waals surface area contributed by atoms with Crippen LogP contribution in [0.3, 0.4) is 0 Å². The SMILES string of the molecule is Cc1cc(F)c([N+](=O)[O-])c(C)c1S(=O)(=O)NC1CC(O)C1. The molecule has 1 aromatic carbocycles. The summed E-state index contributed by atoms with van der Waals surface area (Å²) in [6.07, 6.45) is 0.0451. The Morgan fingerprint density at radius 3 is 2.48 bits per heavy atom. The number of aliphatic hydroxyl groups is 1. The second-order valence-electron chi connectivity index (χ2n) is 5.18. The van der Waals surface area contributed by atoms with Gasteiger partial charge >= 0.3 is 5.69 Å². The lowest BCUT2D eigenvalue weighted by Gasteiger charge is -2.31. The lowest BCUT2D eigenvalue weighted by molar-refractivity contribution is -0.388. The van der Waals surface area contributed by atoms with Crippen molar-refractivity contribution < 1.29 is 22.8 Å². The van der Waals surface area contributed by atoms with Crippen molar-refractivity contribution in [3.63, 3.8) is 0 Å². The van der Waals surface area contributed by atoms with E-state index in [0.717, 1.165) is 6.07 Å². The third-order valence-electron chi connectivity index (χ3n) is 3.51. The minimum absolute atomic E-state index is 0.1000. The molecule has 0 heterocycles. The normalized spacial score (nSPS) is 21.9. The fourth-order valence-electron chi connectivity index (χ4n) is 2.51. The van der Waals surface area contributed by atoms with Crippen molar-refractivity contribution in [1.82, 2.24) is 4.72 Å². The largest absolute Gasteiger partial charge is 0.393 e. The number of sulfonamides is 1. The van der Waals surface area contributed by atoms with E-state index in [2.05, 4.69) is 4.72 Å². The molecule has 0 unspecified atom stereocenters. The molecular weight excluding hydrogens is 303 g/mol. The average molecular weight is 318 g/mol. The molecule has 2 rings (SSSR count). The van der Waals surface area contributed by atoms with Crippen LogP contribution in [0.15, 0.2) is 11.0 Å². The summed E-state index contributed by atoms with van der Waals surface area (Å²) < 4.78 is 40.7. The van der Waals surface area contributed by atoms with Gasteiger partial charge in [-0.3, -0.25) is 10.1 Å². The van der Waals surface area contributed by atoms with Crippen LogP contribution in [0, 0.1) is 29.8 Å². The molecule has 1 fully saturated rings. The van der Waals surface area contributed by atoms with Crippen LogP contribution in [0.2, 0.25) is 0 Å². The van der Waals surface area contributed by atoms with Crippen LogP contribution < -0.4 is 4.72 Å². The number of halogens is 1. The molecule has 116 valence electrons. The molecule has 1 aliphatic carbocycles. The van der Waals surface area contributed by atoms with Crippen molar-refractivity contribution >= 4 is 15.7 Å². The molecule has 9 heteroatoms. The maximum Gasteiger partial charge on any atom is 0.309 e. The van der Waals surface area contributed by atoms with E-state index in [9.17, 15) is 28.0 Å². The Balaban J connectivity index is 2.47. The topological polar surface area (TPSA) is 110 Å². The highest BCUT2D eigenvalue weighted by Crippen LogP contribution is 2.32. The number of nitro groups is 1. The predicted octanol–water partition coefficient (Wildman–Crippen LogP) is 1.15. The summed E-state index contributed by atoms with van der Waals surface area (Å²) in [4.78, 5) is 9.67. The molecule has 21 heavy (non-hydrogen) atoms. The van der Waals surface area contributed by atoms with Gasteiger partial charge < -0.3 is 5.11 Å². The highest BCUT2D eigenvalue weighted by Gasteiger charge is 2.34. The van der Waals surface area contributed by atoms with E-state index in [1.807, 2.05) is 0 Å². The van der Waals surface area contributed by atoms with Crippen molar-refractivity contribution in [1.29, 1.82) is 0 Å². The zero-order valence-corrected chi connectivity index (χ0v) is 12.3. The van der Waals surface area contributed by atoms with E-state index >= 15 is 0 Å². The van der Waals surface area contributed by atoms with Gasteiger partial charge in [0.25, 0.3) is 0 Å². The van der Waals surface area contributed by atoms with Gasteiger partial charge in [0.1, 0.15) is 0 Å². The lowest BCUT2D eigenvalue weighted by Crippen LogP contribution is -2.46. The van der Waals surface area contributed by atoms with Crippen molar-refractivity contribution in [3.05, 3.63) is 33.1 Å². The number of nitrogens with zero attached hydrogens (tertiary/aromatic N) is 1. The highest BCUT2D eigenvalue weighted by atomic mass is 32.2. The molecule has 1 saturated carbocycles. The molecule has 0 aromatic heterocycles. The minimum atomic E-state index is -4.01. The van der Waals surface area contributed by atoms with Gasteiger partial charge in [-0.2, -0.15) is 4.39 Å². The van der Waals surface area contributed by atoms with Crippen molar-refractivity contribution in [2.24, 2.45) is 0 Å². The Labute approximate surface area is 121 Å². The summed E-state index contributed by atoms with van der Waals surface area (Å²) in [5.74, 6) is -1.06. The zero-order valence-electron chi connectivity index (χ0n) is 11.5. The predicted molar refractivity (Wildman–Crippen MR) is 71.9 cm³/mol. The Bertz CT molecular complexity index is 698. The summed E-state index contributed by atoms with van der Waals surface area (Å²) in [6.45, 7) is 2.59. The van der Waals surface area contributed by atoms with Gasteiger partial charge in [0.15, 0.2) is 0 Å². The van der Waals surface area contributed by atoms with Crippen LogP contribution >= 0.6 is 0 Å². The third-order valence-corrected chi connectivity index (χ3v) is 5.32. The Hall–Kier alpha value is -1.58. The maximum absolute atomic E-state index is 13.6. The number of nitrogens with one attached hydrogen (secondary N) is 1. The molecule has 1 aliphatic rings. The molecule has 1 aromatic rings. The van der Waals surface area contributed by atoms with Crippen LogP contribution in [0.5, 0.6) is 0 Å². The first kappa shape index (κ1) is 15.8. The fourth-order valence-corrected chi connectivity index (χ4v) is 4.24. The number of benzene rings is 1. The van der Waals surface area contributed by atoms with Gasteiger partial charge in [-0.05, 0) is 38.3 Å². The van der Waals surface area contributed by atoms with Crippen LogP contribution in [-0.2, 0) is 10.0 Å². The molecule has 0 spiro atoms. The summed E-state index contributed by atoms with van der Waals surface area (Å²) in [6, 6.07) is 0.433. The zero-order chi connectivity index (χ0) is 15.9. The van der Waals surface area contributed by atoms with E-state index in [1.54, 1.807) is 0 Å². The molecule has 7 nitrogen and oxygen atoms in total. The molecule has 0 aliphatic heterocycles. The summed E-state index contributed by atoms with van der Waals surface area (Å²) in [7, 11) is -4.01. The van der Waals surface area contributed by atoms with Crippen molar-refractivity contribution in [2.45, 2.75) is 43.7 Å². The van der Waals surface area contributed by atoms with Gasteiger partial charge in [-0.25, -0.2) is 13.1 Å². The first-order valence-corrected chi connectivity index (χ1v) is 7.76. The standard InChI is InChI=1S/C12H15FN2O5S/c1-6-3-10(13)11(15(17)18)7(2)12(6)21(19,20)14-8-4-9(16)5-8/h3,8-9,14,16H,4-5H2,1-2H3. The van der Waals surface area contributed by atoms with E-state index < -0.39 is 38.6 Å². The van der Waals surface area contributed by atoms with Crippen LogP contribution in [-0.4, -0.2) is 30.6 Å². The number of nitro benzene ring substituents is 1. The molecule has 0 saturated heterocycles. The van der Waals surface area contributed by atoms with Crippen LogP contribution in [0.1, 0.15) is 24.0 Å². The van der Waals surface area contributed by atoms with Crippen LogP contribution in [0.25, 0.3) is 0 Å². The van der Waals surface area contributed by atoms with Crippen LogP contribution in [0.4, 0.5) is 10.1 Å². The summed E-state index contributed by atoms with van der Waals surface area (Å²) in [5, 5.41) is 20.1. The average Bonchev–Trinajstić information content (AvgIpc) is 2.23. The monoisotopic (exact) mass is 318 g/mol. The maximum atomic E-state index is 13.6. The van der Waals surface area contributed by atoms with Gasteiger partial charge in [0.2, 0.25) is 15.8 Å². The Kier molecular flexibility index (Phi) is 4.00. The lowest BCUT2D eigenvalue weighted by atomic mass is 9.91. The third kappa shape index (κ3) is 2.89. The molecule has 0 amide bonds. The van der Waals surface area contributed by atoms with E-state index in [4.69, 9.17) is 0 Å². The van der Waals surface area contributed by atoms with Crippen molar-refractivity contribution in [3.8, 4) is 0 Å². The van der Waals surface area contributed by atoms with Gasteiger partial charge in [-0.15, -0.1) is 0 Å². The van der Waals surface area contributed by atoms with Gasteiger partial charge in [0.05, 0.1) is 21.5 Å².